The number of ether oxygens (including phenoxy) is 1. The molecule has 174 valence electrons. The number of morpholine rings is 1. The standard InChI is InChI=1S/C23H24ClFN4O3S/c24-18-14-17(6-7-19(18)25)27-23-29(9-8-28-10-12-32-13-11-28)22(31)20(33-23)15-21(30)26-16-4-2-1-3-5-16/h1-7,14,20H,8-13,15H2,(H,26,30)/t20-/m0/s1. The molecule has 2 saturated heterocycles. The summed E-state index contributed by atoms with van der Waals surface area (Å²) in [6.07, 6.45) is 0.0235. The fraction of sp³-hybridized carbons (Fsp3) is 0.348. The van der Waals surface area contributed by atoms with E-state index in [-0.39, 0.29) is 23.3 Å². The summed E-state index contributed by atoms with van der Waals surface area (Å²) in [6.45, 7) is 4.05. The number of anilines is 1. The molecule has 2 heterocycles. The minimum Gasteiger partial charge on any atom is -0.379 e. The lowest BCUT2D eigenvalue weighted by molar-refractivity contribution is -0.128. The summed E-state index contributed by atoms with van der Waals surface area (Å²) < 4.78 is 18.9. The molecule has 10 heteroatoms. The van der Waals surface area contributed by atoms with Crippen molar-refractivity contribution in [2.75, 3.05) is 44.7 Å². The second-order valence-corrected chi connectivity index (χ2v) is 9.24. The fourth-order valence-corrected chi connectivity index (χ4v) is 4.92. The van der Waals surface area contributed by atoms with Gasteiger partial charge in [0, 0.05) is 38.3 Å². The smallest absolute Gasteiger partial charge is 0.242 e. The van der Waals surface area contributed by atoms with Crippen LogP contribution in [0, 0.1) is 5.82 Å². The Hall–Kier alpha value is -2.46. The zero-order chi connectivity index (χ0) is 23.2. The zero-order valence-electron chi connectivity index (χ0n) is 17.9. The van der Waals surface area contributed by atoms with Crippen LogP contribution in [0.5, 0.6) is 0 Å². The molecule has 0 spiro atoms. The number of aliphatic imine (C=N–C) groups is 1. The van der Waals surface area contributed by atoms with E-state index < -0.39 is 11.1 Å². The summed E-state index contributed by atoms with van der Waals surface area (Å²) in [5, 5.41) is 2.68. The highest BCUT2D eigenvalue weighted by Crippen LogP contribution is 2.32. The Balaban J connectivity index is 1.49. The Morgan fingerprint density at radius 2 is 1.94 bits per heavy atom. The van der Waals surface area contributed by atoms with Gasteiger partial charge in [-0.2, -0.15) is 0 Å². The van der Waals surface area contributed by atoms with Gasteiger partial charge < -0.3 is 10.1 Å². The lowest BCUT2D eigenvalue weighted by Gasteiger charge is -2.28. The van der Waals surface area contributed by atoms with Gasteiger partial charge in [0.15, 0.2) is 5.17 Å². The van der Waals surface area contributed by atoms with Crippen molar-refractivity contribution in [1.29, 1.82) is 0 Å². The second-order valence-electron chi connectivity index (χ2n) is 7.66. The minimum absolute atomic E-state index is 0.0235. The number of carbonyl (C=O) groups is 2. The van der Waals surface area contributed by atoms with Crippen molar-refractivity contribution >= 4 is 51.7 Å². The minimum atomic E-state index is -0.590. The van der Waals surface area contributed by atoms with Crippen LogP contribution in [0.25, 0.3) is 0 Å². The maximum atomic E-state index is 13.6. The monoisotopic (exact) mass is 490 g/mol. The summed E-state index contributed by atoms with van der Waals surface area (Å²) in [4.78, 5) is 34.1. The summed E-state index contributed by atoms with van der Waals surface area (Å²) in [6, 6.07) is 13.3. The number of amidine groups is 1. The Morgan fingerprint density at radius 3 is 2.67 bits per heavy atom. The van der Waals surface area contributed by atoms with Gasteiger partial charge in [0.1, 0.15) is 11.1 Å². The third kappa shape index (κ3) is 6.32. The number of benzene rings is 2. The van der Waals surface area contributed by atoms with E-state index in [1.165, 1.54) is 30.0 Å². The SMILES string of the molecule is O=C(C[C@@H]1SC(=Nc2ccc(F)c(Cl)c2)N(CCN2CCOCC2)C1=O)Nc1ccccc1. The van der Waals surface area contributed by atoms with Gasteiger partial charge in [0.25, 0.3) is 0 Å². The quantitative estimate of drug-likeness (QED) is 0.639. The third-order valence-corrected chi connectivity index (χ3v) is 6.78. The van der Waals surface area contributed by atoms with Crippen LogP contribution in [0.15, 0.2) is 53.5 Å². The Bertz CT molecular complexity index is 1030. The number of carbonyl (C=O) groups excluding carboxylic acids is 2. The molecule has 2 aromatic rings. The molecule has 0 bridgehead atoms. The highest BCUT2D eigenvalue weighted by atomic mass is 35.5. The molecular weight excluding hydrogens is 467 g/mol. The number of halogens is 2. The Labute approximate surface area is 200 Å². The number of rotatable bonds is 7. The van der Waals surface area contributed by atoms with Crippen LogP contribution in [-0.4, -0.2) is 71.4 Å². The average molecular weight is 491 g/mol. The van der Waals surface area contributed by atoms with Gasteiger partial charge in [-0.05, 0) is 30.3 Å². The fourth-order valence-electron chi connectivity index (χ4n) is 3.56. The van der Waals surface area contributed by atoms with Crippen molar-refractivity contribution in [2.45, 2.75) is 11.7 Å². The van der Waals surface area contributed by atoms with Crippen LogP contribution in [0.2, 0.25) is 5.02 Å². The van der Waals surface area contributed by atoms with Gasteiger partial charge in [0.2, 0.25) is 11.8 Å². The van der Waals surface area contributed by atoms with Gasteiger partial charge in [0.05, 0.1) is 23.9 Å². The van der Waals surface area contributed by atoms with Crippen LogP contribution < -0.4 is 5.32 Å². The summed E-state index contributed by atoms with van der Waals surface area (Å²) in [7, 11) is 0. The topological polar surface area (TPSA) is 74.2 Å². The molecule has 0 aliphatic carbocycles. The largest absolute Gasteiger partial charge is 0.379 e. The van der Waals surface area contributed by atoms with Crippen LogP contribution >= 0.6 is 23.4 Å². The molecule has 2 aliphatic rings. The Kier molecular flexibility index (Phi) is 7.97. The predicted molar refractivity (Wildman–Crippen MR) is 129 cm³/mol. The highest BCUT2D eigenvalue weighted by Gasteiger charge is 2.39. The number of hydrogen-bond donors (Lipinski definition) is 1. The molecule has 1 N–H and O–H groups in total. The van der Waals surface area contributed by atoms with Crippen LogP contribution in [0.1, 0.15) is 6.42 Å². The maximum Gasteiger partial charge on any atom is 0.242 e. The van der Waals surface area contributed by atoms with Crippen molar-refractivity contribution in [2.24, 2.45) is 4.99 Å². The number of para-hydroxylation sites is 1. The lowest BCUT2D eigenvalue weighted by atomic mass is 10.2. The molecule has 2 fully saturated rings. The number of hydrogen-bond acceptors (Lipinski definition) is 6. The van der Waals surface area contributed by atoms with E-state index in [9.17, 15) is 14.0 Å². The van der Waals surface area contributed by atoms with Gasteiger partial charge in [-0.15, -0.1) is 0 Å². The van der Waals surface area contributed by atoms with E-state index >= 15 is 0 Å². The molecule has 1 atom stereocenters. The van der Waals surface area contributed by atoms with E-state index in [1.807, 2.05) is 18.2 Å². The van der Waals surface area contributed by atoms with E-state index in [1.54, 1.807) is 17.0 Å². The molecule has 0 aromatic heterocycles. The van der Waals surface area contributed by atoms with Crippen LogP contribution in [0.4, 0.5) is 15.8 Å². The summed E-state index contributed by atoms with van der Waals surface area (Å²) >= 11 is 7.14. The van der Waals surface area contributed by atoms with Crippen molar-refractivity contribution in [3.05, 3.63) is 59.4 Å². The molecule has 0 saturated carbocycles. The van der Waals surface area contributed by atoms with Gasteiger partial charge >= 0.3 is 0 Å². The molecule has 2 aliphatic heterocycles. The predicted octanol–water partition coefficient (Wildman–Crippen LogP) is 3.77. The summed E-state index contributed by atoms with van der Waals surface area (Å²) in [5.74, 6) is -0.940. The average Bonchev–Trinajstić information content (AvgIpc) is 3.10. The zero-order valence-corrected chi connectivity index (χ0v) is 19.4. The normalized spacial score (nSPS) is 20.4. The van der Waals surface area contributed by atoms with E-state index in [0.717, 1.165) is 13.1 Å². The number of thioether (sulfide) groups is 1. The molecule has 0 unspecified atom stereocenters. The lowest BCUT2D eigenvalue weighted by Crippen LogP contribution is -2.43. The molecule has 4 rings (SSSR count). The van der Waals surface area contributed by atoms with Crippen molar-refractivity contribution in [3.8, 4) is 0 Å². The molecular formula is C23H24ClFN4O3S. The molecule has 2 aromatic carbocycles. The Morgan fingerprint density at radius 1 is 1.18 bits per heavy atom. The molecule has 0 radical (unpaired) electrons. The molecule has 7 nitrogen and oxygen atoms in total. The first-order chi connectivity index (χ1) is 16.0. The van der Waals surface area contributed by atoms with Gasteiger partial charge in [-0.25, -0.2) is 9.38 Å². The summed E-state index contributed by atoms with van der Waals surface area (Å²) in [5.41, 5.74) is 1.12. The van der Waals surface area contributed by atoms with Gasteiger partial charge in [-0.3, -0.25) is 19.4 Å². The van der Waals surface area contributed by atoms with Crippen LogP contribution in [-0.2, 0) is 14.3 Å². The first-order valence-corrected chi connectivity index (χ1v) is 11.9. The number of amides is 2. The van der Waals surface area contributed by atoms with Crippen LogP contribution in [0.3, 0.4) is 0 Å². The molecule has 2 amide bonds. The first kappa shape index (κ1) is 23.7. The maximum absolute atomic E-state index is 13.6. The number of nitrogens with one attached hydrogen (secondary N) is 1. The first-order valence-electron chi connectivity index (χ1n) is 10.7. The van der Waals surface area contributed by atoms with Crippen molar-refractivity contribution in [1.82, 2.24) is 9.80 Å². The van der Waals surface area contributed by atoms with Crippen molar-refractivity contribution in [3.63, 3.8) is 0 Å². The third-order valence-electron chi connectivity index (χ3n) is 5.32. The van der Waals surface area contributed by atoms with Crippen molar-refractivity contribution < 1.29 is 18.7 Å². The van der Waals surface area contributed by atoms with E-state index in [4.69, 9.17) is 16.3 Å². The van der Waals surface area contributed by atoms with E-state index in [0.29, 0.717) is 42.8 Å². The molecule has 33 heavy (non-hydrogen) atoms. The van der Waals surface area contributed by atoms with E-state index in [2.05, 4.69) is 15.2 Å². The second kappa shape index (κ2) is 11.1. The highest BCUT2D eigenvalue weighted by molar-refractivity contribution is 8.15. The number of nitrogens with zero attached hydrogens (tertiary/aromatic N) is 3. The van der Waals surface area contributed by atoms with Gasteiger partial charge in [-0.1, -0.05) is 41.6 Å².